The van der Waals surface area contributed by atoms with Gasteiger partial charge in [-0.15, -0.1) is 10.2 Å². The number of aryl methyl sites for hydroxylation is 1. The van der Waals surface area contributed by atoms with Crippen molar-refractivity contribution in [2.75, 3.05) is 23.7 Å². The van der Waals surface area contributed by atoms with Crippen molar-refractivity contribution >= 4 is 23.5 Å². The van der Waals surface area contributed by atoms with Crippen LogP contribution in [0.4, 0.5) is 10.3 Å². The highest BCUT2D eigenvalue weighted by Gasteiger charge is 2.32. The van der Waals surface area contributed by atoms with Crippen LogP contribution < -0.4 is 4.90 Å². The summed E-state index contributed by atoms with van der Waals surface area (Å²) in [5, 5.41) is 9.70. The number of Topliss-reactive ketones (excluding diaryl/α,β-unsaturated/α-hetero) is 1. The van der Waals surface area contributed by atoms with Crippen LogP contribution in [0.25, 0.3) is 5.69 Å². The fourth-order valence-corrected chi connectivity index (χ4v) is 5.29. The maximum absolute atomic E-state index is 14.3. The van der Waals surface area contributed by atoms with Gasteiger partial charge in [0.05, 0.1) is 11.4 Å². The number of ketones is 1. The van der Waals surface area contributed by atoms with E-state index in [1.165, 1.54) is 30.7 Å². The molecule has 3 heterocycles. The standard InChI is InChI=1S/C23H26FN5OS/c1-15-13-18(16(2)28(15)20-8-4-3-7-19(20)24)21(30)14-31-23-26-25-22(27-11-5-6-12-27)29(23)17-9-10-17/h3-4,7-8,13,17H,5-6,9-12,14H2,1-2H3. The number of rotatable bonds is 7. The Bertz CT molecular complexity index is 1130. The highest BCUT2D eigenvalue weighted by atomic mass is 32.2. The predicted molar refractivity (Wildman–Crippen MR) is 120 cm³/mol. The molecule has 3 aromatic rings. The van der Waals surface area contributed by atoms with Crippen LogP contribution in [-0.2, 0) is 0 Å². The molecule has 1 aliphatic heterocycles. The Hall–Kier alpha value is -2.61. The zero-order valence-electron chi connectivity index (χ0n) is 17.8. The van der Waals surface area contributed by atoms with Gasteiger partial charge in [-0.25, -0.2) is 4.39 Å². The van der Waals surface area contributed by atoms with E-state index in [2.05, 4.69) is 19.7 Å². The Morgan fingerprint density at radius 2 is 1.90 bits per heavy atom. The topological polar surface area (TPSA) is 56.0 Å². The highest BCUT2D eigenvalue weighted by Crippen LogP contribution is 2.41. The van der Waals surface area contributed by atoms with Gasteiger partial charge in [0.2, 0.25) is 5.95 Å². The fourth-order valence-electron chi connectivity index (χ4n) is 4.41. The van der Waals surface area contributed by atoms with E-state index < -0.39 is 0 Å². The molecule has 0 atom stereocenters. The maximum Gasteiger partial charge on any atom is 0.228 e. The second-order valence-corrected chi connectivity index (χ2v) is 9.30. The molecule has 8 heteroatoms. The predicted octanol–water partition coefficient (Wildman–Crippen LogP) is 4.73. The SMILES string of the molecule is Cc1cc(C(=O)CSc2nnc(N3CCCC3)n2C2CC2)c(C)n1-c1ccccc1F. The van der Waals surface area contributed by atoms with Crippen LogP contribution in [0.1, 0.15) is 53.5 Å². The van der Waals surface area contributed by atoms with E-state index in [-0.39, 0.29) is 17.4 Å². The fraction of sp³-hybridized carbons (Fsp3) is 0.435. The lowest BCUT2D eigenvalue weighted by Gasteiger charge is -2.17. The van der Waals surface area contributed by atoms with E-state index in [0.717, 1.165) is 48.4 Å². The van der Waals surface area contributed by atoms with Crippen LogP contribution in [0, 0.1) is 19.7 Å². The van der Waals surface area contributed by atoms with Crippen LogP contribution >= 0.6 is 11.8 Å². The van der Waals surface area contributed by atoms with E-state index in [9.17, 15) is 9.18 Å². The summed E-state index contributed by atoms with van der Waals surface area (Å²) in [6, 6.07) is 8.95. The summed E-state index contributed by atoms with van der Waals surface area (Å²) < 4.78 is 18.4. The molecule has 0 bridgehead atoms. The normalized spacial score (nSPS) is 16.3. The van der Waals surface area contributed by atoms with Crippen molar-refractivity contribution in [3.63, 3.8) is 0 Å². The molecule has 2 aliphatic rings. The summed E-state index contributed by atoms with van der Waals surface area (Å²) in [4.78, 5) is 15.4. The quantitative estimate of drug-likeness (QED) is 0.393. The number of carbonyl (C=O) groups is 1. The second kappa shape index (κ2) is 8.15. The lowest BCUT2D eigenvalue weighted by atomic mass is 10.2. The number of aromatic nitrogens is 4. The smallest absolute Gasteiger partial charge is 0.228 e. The summed E-state index contributed by atoms with van der Waals surface area (Å²) in [6.07, 6.45) is 4.67. The Morgan fingerprint density at radius 1 is 1.16 bits per heavy atom. The van der Waals surface area contributed by atoms with Gasteiger partial charge < -0.3 is 9.47 Å². The Kier molecular flexibility index (Phi) is 5.33. The molecule has 5 rings (SSSR count). The van der Waals surface area contributed by atoms with E-state index in [0.29, 0.717) is 17.3 Å². The molecule has 0 amide bonds. The van der Waals surface area contributed by atoms with Crippen molar-refractivity contribution < 1.29 is 9.18 Å². The van der Waals surface area contributed by atoms with E-state index in [4.69, 9.17) is 0 Å². The molecule has 1 aliphatic carbocycles. The summed E-state index contributed by atoms with van der Waals surface area (Å²) >= 11 is 1.45. The van der Waals surface area contributed by atoms with Crippen molar-refractivity contribution in [3.8, 4) is 5.69 Å². The summed E-state index contributed by atoms with van der Waals surface area (Å²) in [5.74, 6) is 0.956. The van der Waals surface area contributed by atoms with Crippen molar-refractivity contribution in [2.24, 2.45) is 0 Å². The molecule has 1 saturated heterocycles. The van der Waals surface area contributed by atoms with E-state index in [1.807, 2.05) is 24.5 Å². The van der Waals surface area contributed by atoms with Gasteiger partial charge in [-0.2, -0.15) is 0 Å². The number of halogens is 1. The van der Waals surface area contributed by atoms with Gasteiger partial charge in [0.25, 0.3) is 0 Å². The first-order valence-corrected chi connectivity index (χ1v) is 11.8. The van der Waals surface area contributed by atoms with Gasteiger partial charge in [-0.1, -0.05) is 23.9 Å². The minimum absolute atomic E-state index is 0.0220. The molecule has 0 radical (unpaired) electrons. The van der Waals surface area contributed by atoms with Gasteiger partial charge in [0, 0.05) is 36.1 Å². The summed E-state index contributed by atoms with van der Waals surface area (Å²) in [5.41, 5.74) is 2.70. The number of thioether (sulfide) groups is 1. The molecule has 6 nitrogen and oxygen atoms in total. The molecule has 1 aromatic carbocycles. The van der Waals surface area contributed by atoms with Gasteiger partial charge in [0.1, 0.15) is 5.82 Å². The zero-order chi connectivity index (χ0) is 21.5. The average molecular weight is 440 g/mol. The number of nitrogens with zero attached hydrogens (tertiary/aromatic N) is 5. The van der Waals surface area contributed by atoms with Crippen LogP contribution in [-0.4, -0.2) is 44.0 Å². The molecule has 31 heavy (non-hydrogen) atoms. The van der Waals surface area contributed by atoms with Gasteiger partial charge >= 0.3 is 0 Å². The number of para-hydroxylation sites is 1. The van der Waals surface area contributed by atoms with Crippen LogP contribution in [0.15, 0.2) is 35.5 Å². The van der Waals surface area contributed by atoms with Crippen molar-refractivity contribution in [3.05, 3.63) is 53.1 Å². The van der Waals surface area contributed by atoms with Crippen molar-refractivity contribution in [1.29, 1.82) is 0 Å². The van der Waals surface area contributed by atoms with Gasteiger partial charge in [0.15, 0.2) is 10.9 Å². The number of hydrogen-bond donors (Lipinski definition) is 0. The zero-order valence-corrected chi connectivity index (χ0v) is 18.7. The monoisotopic (exact) mass is 439 g/mol. The number of anilines is 1. The van der Waals surface area contributed by atoms with Crippen LogP contribution in [0.2, 0.25) is 0 Å². The second-order valence-electron chi connectivity index (χ2n) is 8.36. The van der Waals surface area contributed by atoms with E-state index in [1.54, 1.807) is 18.2 Å². The molecular formula is C23H26FN5OS. The Balaban J connectivity index is 1.36. The number of carbonyl (C=O) groups excluding carboxylic acids is 1. The molecule has 2 fully saturated rings. The Labute approximate surface area is 185 Å². The first-order chi connectivity index (χ1) is 15.0. The van der Waals surface area contributed by atoms with Crippen LogP contribution in [0.5, 0.6) is 0 Å². The first-order valence-electron chi connectivity index (χ1n) is 10.8. The lowest BCUT2D eigenvalue weighted by Crippen LogP contribution is -2.22. The number of hydrogen-bond acceptors (Lipinski definition) is 5. The third kappa shape index (κ3) is 3.78. The first kappa shape index (κ1) is 20.3. The maximum atomic E-state index is 14.3. The lowest BCUT2D eigenvalue weighted by molar-refractivity contribution is 0.102. The highest BCUT2D eigenvalue weighted by molar-refractivity contribution is 7.99. The molecule has 162 valence electrons. The third-order valence-corrected chi connectivity index (χ3v) is 7.05. The molecule has 1 saturated carbocycles. The van der Waals surface area contributed by atoms with Gasteiger partial charge in [-0.3, -0.25) is 9.36 Å². The molecule has 0 spiro atoms. The third-order valence-electron chi connectivity index (χ3n) is 6.10. The van der Waals surface area contributed by atoms with Crippen LogP contribution in [0.3, 0.4) is 0 Å². The minimum Gasteiger partial charge on any atom is -0.341 e. The number of benzene rings is 1. The summed E-state index contributed by atoms with van der Waals surface area (Å²) in [7, 11) is 0. The molecule has 0 N–H and O–H groups in total. The molecule has 2 aromatic heterocycles. The van der Waals surface area contributed by atoms with Crippen molar-refractivity contribution in [1.82, 2.24) is 19.3 Å². The average Bonchev–Trinajstić information content (AvgIpc) is 3.16. The minimum atomic E-state index is -0.301. The largest absolute Gasteiger partial charge is 0.341 e. The van der Waals surface area contributed by atoms with Crippen molar-refractivity contribution in [2.45, 2.75) is 50.7 Å². The van der Waals surface area contributed by atoms with Gasteiger partial charge in [-0.05, 0) is 57.7 Å². The molecule has 0 unspecified atom stereocenters. The molecular weight excluding hydrogens is 413 g/mol. The Morgan fingerprint density at radius 3 is 2.61 bits per heavy atom. The van der Waals surface area contributed by atoms with E-state index >= 15 is 0 Å². The summed E-state index contributed by atoms with van der Waals surface area (Å²) in [6.45, 7) is 5.82.